The molecule has 2 aromatic heterocycles. The van der Waals surface area contributed by atoms with Crippen molar-refractivity contribution in [2.24, 2.45) is 12.5 Å². The number of esters is 1. The van der Waals surface area contributed by atoms with Gasteiger partial charge in [0.2, 0.25) is 5.88 Å². The first-order valence-electron chi connectivity index (χ1n) is 13.9. The van der Waals surface area contributed by atoms with Crippen LogP contribution in [0.4, 0.5) is 0 Å². The molecule has 0 radical (unpaired) electrons. The van der Waals surface area contributed by atoms with Crippen LogP contribution in [0.1, 0.15) is 66.5 Å². The van der Waals surface area contributed by atoms with Crippen molar-refractivity contribution in [3.05, 3.63) is 82.0 Å². The van der Waals surface area contributed by atoms with Gasteiger partial charge < -0.3 is 9.47 Å². The first-order chi connectivity index (χ1) is 19.1. The van der Waals surface area contributed by atoms with Gasteiger partial charge in [0.1, 0.15) is 11.6 Å². The molecule has 40 heavy (non-hydrogen) atoms. The highest BCUT2D eigenvalue weighted by Crippen LogP contribution is 2.44. The number of ether oxygens (including phenoxy) is 2. The number of benzene rings is 2. The zero-order valence-corrected chi connectivity index (χ0v) is 24.6. The van der Waals surface area contributed by atoms with Gasteiger partial charge in [0.25, 0.3) is 0 Å². The Morgan fingerprint density at radius 3 is 2.75 bits per heavy atom. The van der Waals surface area contributed by atoms with Gasteiger partial charge >= 0.3 is 5.97 Å². The minimum absolute atomic E-state index is 0.0759. The van der Waals surface area contributed by atoms with E-state index in [1.807, 2.05) is 33.0 Å². The van der Waals surface area contributed by atoms with E-state index in [1.54, 1.807) is 10.9 Å². The molecule has 0 saturated heterocycles. The maximum absolute atomic E-state index is 13.2. The average Bonchev–Trinajstić information content (AvgIpc) is 3.22. The molecule has 1 unspecified atom stereocenters. The summed E-state index contributed by atoms with van der Waals surface area (Å²) in [4.78, 5) is 20.1. The van der Waals surface area contributed by atoms with E-state index in [9.17, 15) is 4.79 Å². The normalized spacial score (nSPS) is 16.7. The van der Waals surface area contributed by atoms with Crippen LogP contribution in [0.3, 0.4) is 0 Å². The van der Waals surface area contributed by atoms with Gasteiger partial charge in [0.15, 0.2) is 0 Å². The summed E-state index contributed by atoms with van der Waals surface area (Å²) in [6, 6.07) is 14.8. The molecule has 0 amide bonds. The van der Waals surface area contributed by atoms with Crippen LogP contribution < -0.4 is 4.74 Å². The molecule has 4 aromatic rings. The molecule has 1 aliphatic heterocycles. The molecule has 8 heteroatoms. The number of methoxy groups -OCH3 is 1. The van der Waals surface area contributed by atoms with E-state index in [0.29, 0.717) is 0 Å². The molecule has 0 fully saturated rings. The zero-order valence-electron chi connectivity index (χ0n) is 24.6. The highest BCUT2D eigenvalue weighted by atomic mass is 16.5. The summed E-state index contributed by atoms with van der Waals surface area (Å²) in [5, 5.41) is 8.65. The average molecular weight is 542 g/mol. The maximum atomic E-state index is 13.2. The second-order valence-electron chi connectivity index (χ2n) is 11.5. The number of carbonyl (C=O) groups is 1. The zero-order chi connectivity index (χ0) is 28.6. The minimum atomic E-state index is -0.823. The van der Waals surface area contributed by atoms with Crippen LogP contribution in [0.5, 0.6) is 5.88 Å². The Labute approximate surface area is 236 Å². The molecular formula is C32H39N5O3. The van der Waals surface area contributed by atoms with E-state index in [1.165, 1.54) is 18.2 Å². The highest BCUT2D eigenvalue weighted by molar-refractivity contribution is 5.82. The summed E-state index contributed by atoms with van der Waals surface area (Å²) >= 11 is 0. The van der Waals surface area contributed by atoms with Gasteiger partial charge in [-0.05, 0) is 74.1 Å². The molecular weight excluding hydrogens is 502 g/mol. The number of nitrogens with zero attached hydrogens (tertiary/aromatic N) is 5. The smallest absolute Gasteiger partial charge is 0.312 e. The van der Waals surface area contributed by atoms with Crippen molar-refractivity contribution < 1.29 is 14.3 Å². The van der Waals surface area contributed by atoms with Gasteiger partial charge in [-0.2, -0.15) is 0 Å². The number of aryl methyl sites for hydroxylation is 3. The van der Waals surface area contributed by atoms with Crippen molar-refractivity contribution in [3.63, 3.8) is 0 Å². The molecule has 3 heterocycles. The third-order valence-electron chi connectivity index (χ3n) is 8.36. The fraction of sp³-hybridized carbons (Fsp3) is 0.438. The van der Waals surface area contributed by atoms with E-state index in [2.05, 4.69) is 71.3 Å². The fourth-order valence-electron chi connectivity index (χ4n) is 5.98. The SMILES string of the molecule is CC[C@@H]1CN(Cc2cc(C(c3ccc4c(nnn4C)c3C)C(C)(C)C(=O)OC)ccc2C)Cc2cccnc2O1. The van der Waals surface area contributed by atoms with Crippen molar-refractivity contribution in [2.75, 3.05) is 13.7 Å². The Hall–Kier alpha value is -3.78. The van der Waals surface area contributed by atoms with Crippen LogP contribution in [0.2, 0.25) is 0 Å². The highest BCUT2D eigenvalue weighted by Gasteiger charge is 2.41. The molecule has 2 aromatic carbocycles. The molecule has 8 nitrogen and oxygen atoms in total. The lowest BCUT2D eigenvalue weighted by atomic mass is 9.69. The van der Waals surface area contributed by atoms with Gasteiger partial charge in [0.05, 0.1) is 18.0 Å². The van der Waals surface area contributed by atoms with E-state index in [-0.39, 0.29) is 18.0 Å². The predicted octanol–water partition coefficient (Wildman–Crippen LogP) is 5.48. The lowest BCUT2D eigenvalue weighted by molar-refractivity contribution is -0.151. The minimum Gasteiger partial charge on any atom is -0.473 e. The third-order valence-corrected chi connectivity index (χ3v) is 8.36. The van der Waals surface area contributed by atoms with Crippen LogP contribution in [0.25, 0.3) is 11.0 Å². The topological polar surface area (TPSA) is 82.4 Å². The molecule has 0 spiro atoms. The maximum Gasteiger partial charge on any atom is 0.312 e. The van der Waals surface area contributed by atoms with Gasteiger partial charge in [-0.15, -0.1) is 5.10 Å². The first-order valence-corrected chi connectivity index (χ1v) is 13.9. The summed E-state index contributed by atoms with van der Waals surface area (Å²) in [6.07, 6.45) is 2.77. The molecule has 210 valence electrons. The summed E-state index contributed by atoms with van der Waals surface area (Å²) in [6.45, 7) is 12.6. The molecule has 0 saturated carbocycles. The van der Waals surface area contributed by atoms with Crippen LogP contribution >= 0.6 is 0 Å². The van der Waals surface area contributed by atoms with Gasteiger partial charge in [-0.3, -0.25) is 9.69 Å². The van der Waals surface area contributed by atoms with Crippen LogP contribution in [-0.2, 0) is 29.7 Å². The molecule has 0 aliphatic carbocycles. The van der Waals surface area contributed by atoms with Crippen LogP contribution in [0.15, 0.2) is 48.7 Å². The van der Waals surface area contributed by atoms with E-state index < -0.39 is 5.41 Å². The molecule has 0 bridgehead atoms. The Morgan fingerprint density at radius 1 is 1.20 bits per heavy atom. The molecule has 5 rings (SSSR count). The number of aromatic nitrogens is 4. The van der Waals surface area contributed by atoms with Crippen molar-refractivity contribution in [1.82, 2.24) is 24.9 Å². The monoisotopic (exact) mass is 541 g/mol. The number of pyridine rings is 1. The van der Waals surface area contributed by atoms with Crippen molar-refractivity contribution in [1.29, 1.82) is 0 Å². The second-order valence-corrected chi connectivity index (χ2v) is 11.5. The second kappa shape index (κ2) is 11.0. The predicted molar refractivity (Wildman–Crippen MR) is 155 cm³/mol. The van der Waals surface area contributed by atoms with Crippen molar-refractivity contribution in [3.8, 4) is 5.88 Å². The number of hydrogen-bond acceptors (Lipinski definition) is 7. The Kier molecular flexibility index (Phi) is 7.64. The standard InChI is InChI=1S/C32H39N5O3/c1-8-25-19-37(17-23-10-9-15-33-30(23)40-25)18-24-16-22(12-11-20(24)2)28(32(4,5)31(38)39-7)26-13-14-27-29(21(26)3)34-35-36(27)6/h9-16,25,28H,8,17-19H2,1-7H3/t25-,28?/m1/s1. The summed E-state index contributed by atoms with van der Waals surface area (Å²) in [7, 11) is 3.35. The summed E-state index contributed by atoms with van der Waals surface area (Å²) < 4.78 is 13.3. The van der Waals surface area contributed by atoms with E-state index in [4.69, 9.17) is 9.47 Å². The lowest BCUT2D eigenvalue weighted by Crippen LogP contribution is -2.34. The number of fused-ring (bicyclic) bond motifs is 2. The van der Waals surface area contributed by atoms with E-state index in [0.717, 1.165) is 65.2 Å². The molecule has 2 atom stereocenters. The van der Waals surface area contributed by atoms with Gasteiger partial charge in [-0.1, -0.05) is 42.5 Å². The van der Waals surface area contributed by atoms with Crippen LogP contribution in [0, 0.1) is 19.3 Å². The number of hydrogen-bond donors (Lipinski definition) is 0. The largest absolute Gasteiger partial charge is 0.473 e. The first kappa shape index (κ1) is 27.8. The quantitative estimate of drug-likeness (QED) is 0.286. The van der Waals surface area contributed by atoms with Gasteiger partial charge in [-0.25, -0.2) is 9.67 Å². The number of carbonyl (C=O) groups excluding carboxylic acids is 1. The van der Waals surface area contributed by atoms with Crippen molar-refractivity contribution in [2.45, 2.75) is 66.2 Å². The van der Waals surface area contributed by atoms with E-state index >= 15 is 0 Å². The summed E-state index contributed by atoms with van der Waals surface area (Å²) in [5.41, 5.74) is 7.67. The van der Waals surface area contributed by atoms with Crippen LogP contribution in [-0.4, -0.2) is 50.6 Å². The molecule has 1 aliphatic rings. The van der Waals surface area contributed by atoms with Gasteiger partial charge in [0, 0.05) is 44.4 Å². The Morgan fingerprint density at radius 2 is 2.00 bits per heavy atom. The Balaban J connectivity index is 1.57. The summed E-state index contributed by atoms with van der Waals surface area (Å²) in [5.74, 6) is 0.237. The lowest BCUT2D eigenvalue weighted by Gasteiger charge is -2.34. The fourth-order valence-corrected chi connectivity index (χ4v) is 5.98. The Bertz CT molecular complexity index is 1540. The van der Waals surface area contributed by atoms with Crippen molar-refractivity contribution >= 4 is 17.0 Å². The number of rotatable bonds is 7. The molecule has 0 N–H and O–H groups in total. The third kappa shape index (κ3) is 5.08.